The fourth-order valence-corrected chi connectivity index (χ4v) is 3.72. The van der Waals surface area contributed by atoms with E-state index in [-0.39, 0.29) is 0 Å². The molecule has 4 aromatic rings. The summed E-state index contributed by atoms with van der Waals surface area (Å²) < 4.78 is 4.03. The van der Waals surface area contributed by atoms with Gasteiger partial charge in [-0.25, -0.2) is 19.5 Å². The van der Waals surface area contributed by atoms with E-state index in [4.69, 9.17) is 0 Å². The molecule has 0 bridgehead atoms. The molecule has 0 saturated heterocycles. The summed E-state index contributed by atoms with van der Waals surface area (Å²) in [4.78, 5) is 14.8. The number of imidazole rings is 1. The maximum absolute atomic E-state index is 4.66. The number of aryl methyl sites for hydroxylation is 5. The fraction of sp³-hybridized carbons (Fsp3) is 0.294. The minimum Gasteiger partial charge on any atom is -0.330 e. The van der Waals surface area contributed by atoms with Crippen molar-refractivity contribution in [2.24, 2.45) is 0 Å². The molecule has 6 nitrogen and oxygen atoms in total. The monoisotopic (exact) mass is 338 g/mol. The molecule has 7 heteroatoms. The molecular formula is C17H18N6S. The Labute approximate surface area is 143 Å². The molecule has 4 aromatic heterocycles. The molecule has 0 atom stereocenters. The fourth-order valence-electron chi connectivity index (χ4n) is 2.95. The first-order valence-electron chi connectivity index (χ1n) is 7.86. The molecular weight excluding hydrogens is 320 g/mol. The summed E-state index contributed by atoms with van der Waals surface area (Å²) in [5, 5.41) is 4.47. The maximum atomic E-state index is 4.66. The zero-order chi connectivity index (χ0) is 16.7. The number of nitrogens with zero attached hydrogens (tertiary/aromatic N) is 6. The zero-order valence-corrected chi connectivity index (χ0v) is 14.7. The van der Waals surface area contributed by atoms with E-state index in [0.29, 0.717) is 0 Å². The molecule has 0 amide bonds. The highest BCUT2D eigenvalue weighted by Gasteiger charge is 2.15. The summed E-state index contributed by atoms with van der Waals surface area (Å²) in [7, 11) is 0. The molecule has 4 heterocycles. The third kappa shape index (κ3) is 2.50. The van der Waals surface area contributed by atoms with E-state index in [1.165, 1.54) is 4.88 Å². The summed E-state index contributed by atoms with van der Waals surface area (Å²) >= 11 is 1.71. The molecule has 24 heavy (non-hydrogen) atoms. The highest BCUT2D eigenvalue weighted by Crippen LogP contribution is 2.24. The van der Waals surface area contributed by atoms with E-state index in [1.807, 2.05) is 48.5 Å². The topological polar surface area (TPSA) is 60.9 Å². The molecule has 0 aliphatic heterocycles. The van der Waals surface area contributed by atoms with Crippen molar-refractivity contribution in [3.8, 4) is 11.4 Å². The van der Waals surface area contributed by atoms with Crippen molar-refractivity contribution in [2.45, 2.75) is 33.7 Å². The van der Waals surface area contributed by atoms with Crippen LogP contribution in [0, 0.1) is 20.8 Å². The lowest BCUT2D eigenvalue weighted by Crippen LogP contribution is -2.03. The lowest BCUT2D eigenvalue weighted by Gasteiger charge is -2.07. The van der Waals surface area contributed by atoms with Gasteiger partial charge in [0.2, 0.25) is 0 Å². The van der Waals surface area contributed by atoms with E-state index in [1.54, 1.807) is 11.3 Å². The first kappa shape index (κ1) is 15.0. The molecule has 0 fully saturated rings. The Kier molecular flexibility index (Phi) is 3.65. The third-order valence-electron chi connectivity index (χ3n) is 4.16. The van der Waals surface area contributed by atoms with Crippen molar-refractivity contribution in [1.29, 1.82) is 0 Å². The molecule has 122 valence electrons. The second-order valence-electron chi connectivity index (χ2n) is 5.89. The molecule has 0 unspecified atom stereocenters. The second kappa shape index (κ2) is 5.83. The van der Waals surface area contributed by atoms with Gasteiger partial charge < -0.3 is 4.57 Å². The molecule has 0 aliphatic rings. The molecule has 0 aromatic carbocycles. The molecule has 0 spiro atoms. The van der Waals surface area contributed by atoms with Gasteiger partial charge in [-0.1, -0.05) is 0 Å². The zero-order valence-electron chi connectivity index (χ0n) is 13.9. The average molecular weight is 338 g/mol. The standard InChI is InChI=1S/C17H18N6S/c1-11-8-12(2)23-17(21-11)14(9-20-23)16-18-5-7-22(16)6-4-15-13(3)19-10-24-15/h5,7-10H,4,6H2,1-3H3. The van der Waals surface area contributed by atoms with E-state index in [9.17, 15) is 0 Å². The lowest BCUT2D eigenvalue weighted by molar-refractivity contribution is 0.706. The summed E-state index contributed by atoms with van der Waals surface area (Å²) in [5.41, 5.74) is 6.90. The highest BCUT2D eigenvalue weighted by molar-refractivity contribution is 7.09. The summed E-state index contributed by atoms with van der Waals surface area (Å²) in [5.74, 6) is 0.907. The van der Waals surface area contributed by atoms with Gasteiger partial charge in [-0.15, -0.1) is 11.3 Å². The van der Waals surface area contributed by atoms with Gasteiger partial charge in [-0.05, 0) is 26.8 Å². The lowest BCUT2D eigenvalue weighted by atomic mass is 10.2. The van der Waals surface area contributed by atoms with Gasteiger partial charge in [0.25, 0.3) is 0 Å². The van der Waals surface area contributed by atoms with Crippen LogP contribution in [0.25, 0.3) is 17.0 Å². The van der Waals surface area contributed by atoms with E-state index in [2.05, 4.69) is 31.5 Å². The highest BCUT2D eigenvalue weighted by atomic mass is 32.1. The van der Waals surface area contributed by atoms with Crippen LogP contribution in [0.5, 0.6) is 0 Å². The van der Waals surface area contributed by atoms with Gasteiger partial charge in [0.15, 0.2) is 5.65 Å². The van der Waals surface area contributed by atoms with Crippen LogP contribution in [0.3, 0.4) is 0 Å². The van der Waals surface area contributed by atoms with E-state index >= 15 is 0 Å². The van der Waals surface area contributed by atoms with E-state index in [0.717, 1.165) is 47.1 Å². The smallest absolute Gasteiger partial charge is 0.166 e. The Hall–Kier alpha value is -2.54. The summed E-state index contributed by atoms with van der Waals surface area (Å²) in [6.07, 6.45) is 6.65. The van der Waals surface area contributed by atoms with Gasteiger partial charge in [0.05, 0.1) is 23.0 Å². The van der Waals surface area contributed by atoms with Crippen molar-refractivity contribution in [3.63, 3.8) is 0 Å². The third-order valence-corrected chi connectivity index (χ3v) is 5.15. The van der Waals surface area contributed by atoms with Crippen LogP contribution < -0.4 is 0 Å². The Balaban J connectivity index is 1.71. The van der Waals surface area contributed by atoms with Crippen LogP contribution in [0.15, 0.2) is 30.2 Å². The largest absolute Gasteiger partial charge is 0.330 e. The van der Waals surface area contributed by atoms with Crippen molar-refractivity contribution in [1.82, 2.24) is 29.1 Å². The second-order valence-corrected chi connectivity index (χ2v) is 6.83. The normalized spacial score (nSPS) is 11.5. The van der Waals surface area contributed by atoms with Gasteiger partial charge >= 0.3 is 0 Å². The Bertz CT molecular complexity index is 1010. The van der Waals surface area contributed by atoms with Crippen molar-refractivity contribution in [3.05, 3.63) is 52.1 Å². The number of thiazole rings is 1. The van der Waals surface area contributed by atoms with Gasteiger partial charge in [-0.3, -0.25) is 0 Å². The first-order valence-corrected chi connectivity index (χ1v) is 8.74. The quantitative estimate of drug-likeness (QED) is 0.573. The minimum atomic E-state index is 0.855. The van der Waals surface area contributed by atoms with Crippen LogP contribution in [0.2, 0.25) is 0 Å². The Morgan fingerprint density at radius 2 is 2.04 bits per heavy atom. The number of fused-ring (bicyclic) bond motifs is 1. The molecule has 0 saturated carbocycles. The van der Waals surface area contributed by atoms with Gasteiger partial charge in [0.1, 0.15) is 5.82 Å². The van der Waals surface area contributed by atoms with Crippen LogP contribution in [-0.4, -0.2) is 29.1 Å². The number of aromatic nitrogens is 6. The van der Waals surface area contributed by atoms with Crippen LogP contribution in [0.4, 0.5) is 0 Å². The van der Waals surface area contributed by atoms with Gasteiger partial charge in [0, 0.05) is 41.6 Å². The predicted octanol–water partition coefficient (Wildman–Crippen LogP) is 3.22. The molecule has 0 radical (unpaired) electrons. The van der Waals surface area contributed by atoms with Gasteiger partial charge in [-0.2, -0.15) is 5.10 Å². The van der Waals surface area contributed by atoms with Crippen LogP contribution in [0.1, 0.15) is 22.0 Å². The predicted molar refractivity (Wildman–Crippen MR) is 94.2 cm³/mol. The molecule has 0 aliphatic carbocycles. The molecule has 0 N–H and O–H groups in total. The van der Waals surface area contributed by atoms with E-state index < -0.39 is 0 Å². The average Bonchev–Trinajstić information content (AvgIpc) is 3.24. The number of hydrogen-bond donors (Lipinski definition) is 0. The summed E-state index contributed by atoms with van der Waals surface area (Å²) in [6.45, 7) is 6.96. The van der Waals surface area contributed by atoms with Crippen molar-refractivity contribution in [2.75, 3.05) is 0 Å². The number of rotatable bonds is 4. The SMILES string of the molecule is Cc1cc(C)n2ncc(-c3nccn3CCc3scnc3C)c2n1. The maximum Gasteiger partial charge on any atom is 0.166 e. The first-order chi connectivity index (χ1) is 11.6. The Morgan fingerprint density at radius 1 is 1.17 bits per heavy atom. The number of hydrogen-bond acceptors (Lipinski definition) is 5. The van der Waals surface area contributed by atoms with Crippen molar-refractivity contribution >= 4 is 17.0 Å². The van der Waals surface area contributed by atoms with Crippen LogP contribution in [-0.2, 0) is 13.0 Å². The minimum absolute atomic E-state index is 0.855. The van der Waals surface area contributed by atoms with Crippen molar-refractivity contribution < 1.29 is 0 Å². The molecule has 4 rings (SSSR count). The Morgan fingerprint density at radius 3 is 2.83 bits per heavy atom. The summed E-state index contributed by atoms with van der Waals surface area (Å²) in [6, 6.07) is 2.03. The van der Waals surface area contributed by atoms with Crippen LogP contribution >= 0.6 is 11.3 Å².